The van der Waals surface area contributed by atoms with Gasteiger partial charge in [-0.2, -0.15) is 0 Å². The van der Waals surface area contributed by atoms with Crippen molar-refractivity contribution in [2.75, 3.05) is 14.2 Å². The molecule has 0 saturated carbocycles. The summed E-state index contributed by atoms with van der Waals surface area (Å²) in [5, 5.41) is 4.15. The SMILES string of the molecule is COc1cc(CNCc2ccccc2Cl)cc(Br)c1OC.Cl. The Labute approximate surface area is 150 Å². The average Bonchev–Trinajstić information content (AvgIpc) is 2.48. The number of methoxy groups -OCH3 is 2. The fourth-order valence-electron chi connectivity index (χ4n) is 2.06. The summed E-state index contributed by atoms with van der Waals surface area (Å²) in [7, 11) is 3.25. The van der Waals surface area contributed by atoms with Crippen LogP contribution in [0.4, 0.5) is 0 Å². The molecular weight excluding hydrogens is 389 g/mol. The predicted octanol–water partition coefficient (Wildman–Crippen LogP) is 4.83. The maximum atomic E-state index is 6.13. The zero-order valence-corrected chi connectivity index (χ0v) is 15.5. The molecule has 0 bridgehead atoms. The lowest BCUT2D eigenvalue weighted by molar-refractivity contribution is 0.352. The highest BCUT2D eigenvalue weighted by atomic mass is 79.9. The van der Waals surface area contributed by atoms with Crippen molar-refractivity contribution < 1.29 is 9.47 Å². The van der Waals surface area contributed by atoms with E-state index in [1.807, 2.05) is 36.4 Å². The monoisotopic (exact) mass is 405 g/mol. The molecule has 0 atom stereocenters. The topological polar surface area (TPSA) is 30.5 Å². The Morgan fingerprint density at radius 3 is 2.45 bits per heavy atom. The molecule has 0 aliphatic carbocycles. The van der Waals surface area contributed by atoms with Gasteiger partial charge in [0.2, 0.25) is 0 Å². The molecule has 0 amide bonds. The molecule has 0 fully saturated rings. The molecule has 2 aromatic rings. The van der Waals surface area contributed by atoms with Gasteiger partial charge in [-0.1, -0.05) is 29.8 Å². The van der Waals surface area contributed by atoms with Crippen molar-refractivity contribution in [3.05, 3.63) is 57.0 Å². The van der Waals surface area contributed by atoms with Crippen LogP contribution < -0.4 is 14.8 Å². The summed E-state index contributed by atoms with van der Waals surface area (Å²) in [5.41, 5.74) is 2.19. The third-order valence-electron chi connectivity index (χ3n) is 3.10. The van der Waals surface area contributed by atoms with E-state index in [4.69, 9.17) is 21.1 Å². The smallest absolute Gasteiger partial charge is 0.174 e. The minimum Gasteiger partial charge on any atom is -0.493 e. The van der Waals surface area contributed by atoms with E-state index in [1.165, 1.54) is 0 Å². The van der Waals surface area contributed by atoms with Crippen LogP contribution in [0.3, 0.4) is 0 Å². The van der Waals surface area contributed by atoms with Crippen molar-refractivity contribution in [1.29, 1.82) is 0 Å². The minimum absolute atomic E-state index is 0. The molecule has 2 aromatic carbocycles. The molecular formula is C16H18BrCl2NO2. The number of ether oxygens (including phenoxy) is 2. The highest BCUT2D eigenvalue weighted by molar-refractivity contribution is 9.10. The lowest BCUT2D eigenvalue weighted by Gasteiger charge is -2.13. The standard InChI is InChI=1S/C16H17BrClNO2.ClH/c1-20-15-8-11(7-13(17)16(15)21-2)9-19-10-12-5-3-4-6-14(12)18;/h3-8,19H,9-10H2,1-2H3;1H. The van der Waals surface area contributed by atoms with Gasteiger partial charge in [0.05, 0.1) is 18.7 Å². The Balaban J connectivity index is 0.00000242. The first-order chi connectivity index (χ1) is 10.2. The number of rotatable bonds is 6. The van der Waals surface area contributed by atoms with Gasteiger partial charge in [0.1, 0.15) is 0 Å². The summed E-state index contributed by atoms with van der Waals surface area (Å²) in [5.74, 6) is 1.41. The summed E-state index contributed by atoms with van der Waals surface area (Å²) >= 11 is 9.63. The second-order valence-electron chi connectivity index (χ2n) is 4.51. The fourth-order valence-corrected chi connectivity index (χ4v) is 2.91. The second kappa shape index (κ2) is 9.26. The zero-order chi connectivity index (χ0) is 15.2. The molecule has 3 nitrogen and oxygen atoms in total. The van der Waals surface area contributed by atoms with Gasteiger partial charge in [0, 0.05) is 18.1 Å². The van der Waals surface area contributed by atoms with Crippen LogP contribution in [0.25, 0.3) is 0 Å². The van der Waals surface area contributed by atoms with Gasteiger partial charge in [-0.3, -0.25) is 0 Å². The summed E-state index contributed by atoms with van der Waals surface area (Å²) in [6, 6.07) is 11.8. The van der Waals surface area contributed by atoms with E-state index < -0.39 is 0 Å². The maximum absolute atomic E-state index is 6.13. The van der Waals surface area contributed by atoms with Crippen LogP contribution in [-0.2, 0) is 13.1 Å². The van der Waals surface area contributed by atoms with Crippen molar-refractivity contribution in [1.82, 2.24) is 5.32 Å². The van der Waals surface area contributed by atoms with Gasteiger partial charge < -0.3 is 14.8 Å². The lowest BCUT2D eigenvalue weighted by atomic mass is 10.2. The Bertz CT molecular complexity index is 623. The molecule has 1 N–H and O–H groups in total. The molecule has 0 saturated heterocycles. The largest absolute Gasteiger partial charge is 0.493 e. The van der Waals surface area contributed by atoms with Gasteiger partial charge in [-0.15, -0.1) is 12.4 Å². The van der Waals surface area contributed by atoms with Crippen molar-refractivity contribution in [2.24, 2.45) is 0 Å². The lowest BCUT2D eigenvalue weighted by Crippen LogP contribution is -2.13. The quantitative estimate of drug-likeness (QED) is 0.744. The highest BCUT2D eigenvalue weighted by Crippen LogP contribution is 2.36. The molecule has 0 aliphatic rings. The molecule has 0 heterocycles. The summed E-state index contributed by atoms with van der Waals surface area (Å²) in [4.78, 5) is 0. The van der Waals surface area contributed by atoms with Crippen LogP contribution in [0.2, 0.25) is 5.02 Å². The Morgan fingerprint density at radius 1 is 1.09 bits per heavy atom. The second-order valence-corrected chi connectivity index (χ2v) is 5.77. The molecule has 6 heteroatoms. The van der Waals surface area contributed by atoms with E-state index in [2.05, 4.69) is 21.2 Å². The van der Waals surface area contributed by atoms with Crippen LogP contribution in [0.5, 0.6) is 11.5 Å². The molecule has 120 valence electrons. The third kappa shape index (κ3) is 4.78. The Hall–Kier alpha value is -0.940. The molecule has 22 heavy (non-hydrogen) atoms. The fraction of sp³-hybridized carbons (Fsp3) is 0.250. The molecule has 0 unspecified atom stereocenters. The number of hydrogen-bond acceptors (Lipinski definition) is 3. The first-order valence-corrected chi connectivity index (χ1v) is 7.67. The van der Waals surface area contributed by atoms with Gasteiger partial charge in [-0.05, 0) is 45.3 Å². The first kappa shape index (κ1) is 19.1. The normalized spacial score (nSPS) is 10.0. The zero-order valence-electron chi connectivity index (χ0n) is 12.4. The van der Waals surface area contributed by atoms with E-state index in [-0.39, 0.29) is 12.4 Å². The van der Waals surface area contributed by atoms with Crippen LogP contribution in [0.1, 0.15) is 11.1 Å². The van der Waals surface area contributed by atoms with Crippen LogP contribution in [0.15, 0.2) is 40.9 Å². The van der Waals surface area contributed by atoms with Gasteiger partial charge in [0.25, 0.3) is 0 Å². The summed E-state index contributed by atoms with van der Waals surface area (Å²) in [6.45, 7) is 1.43. The molecule has 0 spiro atoms. The predicted molar refractivity (Wildman–Crippen MR) is 96.5 cm³/mol. The van der Waals surface area contributed by atoms with E-state index in [0.717, 1.165) is 20.6 Å². The van der Waals surface area contributed by atoms with Crippen LogP contribution in [0, 0.1) is 0 Å². The number of halogens is 3. The Morgan fingerprint density at radius 2 is 1.82 bits per heavy atom. The molecule has 0 aromatic heterocycles. The summed E-state index contributed by atoms with van der Waals surface area (Å²) < 4.78 is 11.5. The summed E-state index contributed by atoms with van der Waals surface area (Å²) in [6.07, 6.45) is 0. The van der Waals surface area contributed by atoms with E-state index in [0.29, 0.717) is 24.6 Å². The van der Waals surface area contributed by atoms with Crippen LogP contribution in [-0.4, -0.2) is 14.2 Å². The molecule has 0 aliphatic heterocycles. The average molecular weight is 407 g/mol. The number of hydrogen-bond donors (Lipinski definition) is 1. The minimum atomic E-state index is 0. The Kier molecular flexibility index (Phi) is 8.04. The van der Waals surface area contributed by atoms with Gasteiger partial charge in [-0.25, -0.2) is 0 Å². The number of nitrogens with one attached hydrogen (secondary N) is 1. The van der Waals surface area contributed by atoms with Crippen molar-refractivity contribution >= 4 is 39.9 Å². The third-order valence-corrected chi connectivity index (χ3v) is 4.05. The maximum Gasteiger partial charge on any atom is 0.174 e. The van der Waals surface area contributed by atoms with Crippen molar-refractivity contribution in [2.45, 2.75) is 13.1 Å². The van der Waals surface area contributed by atoms with E-state index >= 15 is 0 Å². The molecule has 0 radical (unpaired) electrons. The van der Waals surface area contributed by atoms with E-state index in [1.54, 1.807) is 14.2 Å². The molecule has 2 rings (SSSR count). The van der Waals surface area contributed by atoms with E-state index in [9.17, 15) is 0 Å². The van der Waals surface area contributed by atoms with Crippen molar-refractivity contribution in [3.8, 4) is 11.5 Å². The van der Waals surface area contributed by atoms with Crippen molar-refractivity contribution in [3.63, 3.8) is 0 Å². The number of benzene rings is 2. The van der Waals surface area contributed by atoms with Crippen LogP contribution >= 0.6 is 39.9 Å². The highest BCUT2D eigenvalue weighted by Gasteiger charge is 2.10. The first-order valence-electron chi connectivity index (χ1n) is 6.50. The van der Waals surface area contributed by atoms with Gasteiger partial charge >= 0.3 is 0 Å². The van der Waals surface area contributed by atoms with Gasteiger partial charge in [0.15, 0.2) is 11.5 Å².